The lowest BCUT2D eigenvalue weighted by Gasteiger charge is -2.22. The summed E-state index contributed by atoms with van der Waals surface area (Å²) < 4.78 is 8.26. The summed E-state index contributed by atoms with van der Waals surface area (Å²) in [6.45, 7) is 2.70. The second-order valence-corrected chi connectivity index (χ2v) is 9.14. The van der Waals surface area contributed by atoms with Gasteiger partial charge in [0.15, 0.2) is 5.82 Å². The molecule has 5 rings (SSSR count). The van der Waals surface area contributed by atoms with Gasteiger partial charge in [-0.2, -0.15) is 10.4 Å². The molecule has 0 bridgehead atoms. The van der Waals surface area contributed by atoms with Crippen LogP contribution in [0.3, 0.4) is 0 Å². The van der Waals surface area contributed by atoms with Crippen molar-refractivity contribution in [3.8, 4) is 11.9 Å². The van der Waals surface area contributed by atoms with Crippen LogP contribution in [0, 0.1) is 23.2 Å². The summed E-state index contributed by atoms with van der Waals surface area (Å²) in [7, 11) is 0. The number of anilines is 2. The Labute approximate surface area is 200 Å². The first-order valence-corrected chi connectivity index (χ1v) is 12.0. The highest BCUT2D eigenvalue weighted by molar-refractivity contribution is 5.96. The van der Waals surface area contributed by atoms with E-state index in [0.717, 1.165) is 47.8 Å². The average Bonchev–Trinajstić information content (AvgIpc) is 3.12. The number of hydrogen-bond donors (Lipinski definition) is 1. The van der Waals surface area contributed by atoms with E-state index in [2.05, 4.69) is 23.3 Å². The fraction of sp³-hybridized carbons (Fsp3) is 0.321. The van der Waals surface area contributed by atoms with Crippen LogP contribution in [0.2, 0.25) is 0 Å². The molecule has 2 aromatic heterocycles. The first-order valence-electron chi connectivity index (χ1n) is 12.0. The number of para-hydroxylation sites is 1. The summed E-state index contributed by atoms with van der Waals surface area (Å²) in [5, 5.41) is 19.3. The van der Waals surface area contributed by atoms with Crippen molar-refractivity contribution in [3.63, 3.8) is 0 Å². The molecule has 2 aromatic carbocycles. The van der Waals surface area contributed by atoms with Crippen molar-refractivity contribution >= 4 is 22.4 Å². The first kappa shape index (κ1) is 22.0. The van der Waals surface area contributed by atoms with E-state index in [9.17, 15) is 5.26 Å². The van der Waals surface area contributed by atoms with Gasteiger partial charge in [0.05, 0.1) is 23.5 Å². The number of rotatable bonds is 6. The van der Waals surface area contributed by atoms with Crippen LogP contribution in [0.4, 0.5) is 11.5 Å². The first-order chi connectivity index (χ1) is 16.7. The SMILES string of the molecule is CC1CCCC(C#N)C(n2nc(Nc3ccccc3)c3c(OCc4ccccc4)nccc32)C1. The maximum atomic E-state index is 9.97. The molecule has 4 aromatic rings. The molecule has 6 heteroatoms. The molecule has 0 aliphatic heterocycles. The molecular formula is C28H29N5O. The van der Waals surface area contributed by atoms with Crippen LogP contribution in [0.5, 0.6) is 5.88 Å². The third kappa shape index (κ3) is 4.60. The van der Waals surface area contributed by atoms with Crippen molar-refractivity contribution < 1.29 is 4.74 Å². The average molecular weight is 452 g/mol. The van der Waals surface area contributed by atoms with Gasteiger partial charge in [0, 0.05) is 11.9 Å². The molecule has 0 radical (unpaired) electrons. The van der Waals surface area contributed by atoms with Gasteiger partial charge in [0.2, 0.25) is 5.88 Å². The maximum Gasteiger partial charge on any atom is 0.227 e. The van der Waals surface area contributed by atoms with Crippen LogP contribution < -0.4 is 10.1 Å². The third-order valence-electron chi connectivity index (χ3n) is 6.64. The molecule has 0 saturated heterocycles. The standard InChI is InChI=1S/C28H29N5O/c1-20-9-8-12-22(18-29)25(17-20)33-24-15-16-30-28(34-19-21-10-4-2-5-11-21)26(24)27(32-33)31-23-13-6-3-7-14-23/h2-7,10-11,13-16,20,22,25H,8-9,12,17,19H2,1H3,(H,31,32). The van der Waals surface area contributed by atoms with E-state index in [-0.39, 0.29) is 12.0 Å². The molecule has 172 valence electrons. The largest absolute Gasteiger partial charge is 0.472 e. The van der Waals surface area contributed by atoms with Crippen LogP contribution in [0.25, 0.3) is 10.9 Å². The van der Waals surface area contributed by atoms with Gasteiger partial charge in [-0.15, -0.1) is 0 Å². The zero-order valence-corrected chi connectivity index (χ0v) is 19.4. The molecular weight excluding hydrogens is 422 g/mol. The zero-order chi connectivity index (χ0) is 23.3. The Bertz CT molecular complexity index is 1280. The van der Waals surface area contributed by atoms with Gasteiger partial charge in [0.1, 0.15) is 12.0 Å². The van der Waals surface area contributed by atoms with Crippen LogP contribution in [-0.4, -0.2) is 14.8 Å². The van der Waals surface area contributed by atoms with Crippen molar-refractivity contribution in [3.05, 3.63) is 78.5 Å². The fourth-order valence-electron chi connectivity index (χ4n) is 4.89. The minimum Gasteiger partial charge on any atom is -0.472 e. The molecule has 1 aliphatic carbocycles. The second kappa shape index (κ2) is 9.96. The van der Waals surface area contributed by atoms with Crippen molar-refractivity contribution in [2.24, 2.45) is 11.8 Å². The monoisotopic (exact) mass is 451 g/mol. The van der Waals surface area contributed by atoms with Gasteiger partial charge in [0.25, 0.3) is 0 Å². The van der Waals surface area contributed by atoms with Gasteiger partial charge >= 0.3 is 0 Å². The van der Waals surface area contributed by atoms with Crippen LogP contribution in [0.15, 0.2) is 72.9 Å². The molecule has 6 nitrogen and oxygen atoms in total. The van der Waals surface area contributed by atoms with Gasteiger partial charge in [-0.05, 0) is 42.5 Å². The Morgan fingerprint density at radius 3 is 2.59 bits per heavy atom. The van der Waals surface area contributed by atoms with E-state index in [4.69, 9.17) is 9.84 Å². The molecule has 0 amide bonds. The molecule has 1 aliphatic rings. The van der Waals surface area contributed by atoms with Crippen molar-refractivity contribution in [2.75, 3.05) is 5.32 Å². The molecule has 0 spiro atoms. The zero-order valence-electron chi connectivity index (χ0n) is 19.4. The maximum absolute atomic E-state index is 9.97. The smallest absolute Gasteiger partial charge is 0.227 e. The van der Waals surface area contributed by atoms with Crippen molar-refractivity contribution in [2.45, 2.75) is 45.3 Å². The van der Waals surface area contributed by atoms with E-state index in [1.807, 2.05) is 71.4 Å². The number of fused-ring (bicyclic) bond motifs is 1. The fourth-order valence-corrected chi connectivity index (χ4v) is 4.89. The number of aromatic nitrogens is 3. The second-order valence-electron chi connectivity index (χ2n) is 9.14. The number of benzene rings is 2. The Morgan fingerprint density at radius 2 is 1.82 bits per heavy atom. The predicted octanol–water partition coefficient (Wildman–Crippen LogP) is 6.64. The van der Waals surface area contributed by atoms with Crippen LogP contribution >= 0.6 is 0 Å². The molecule has 3 unspecified atom stereocenters. The number of pyridine rings is 1. The van der Waals surface area contributed by atoms with Gasteiger partial charge in [-0.3, -0.25) is 4.68 Å². The lowest BCUT2D eigenvalue weighted by molar-refractivity contribution is 0.298. The van der Waals surface area contributed by atoms with Crippen molar-refractivity contribution in [1.82, 2.24) is 14.8 Å². The number of hydrogen-bond acceptors (Lipinski definition) is 5. The molecule has 3 atom stereocenters. The van der Waals surface area contributed by atoms with E-state index < -0.39 is 0 Å². The summed E-state index contributed by atoms with van der Waals surface area (Å²) in [4.78, 5) is 4.57. The van der Waals surface area contributed by atoms with Crippen LogP contribution in [0.1, 0.15) is 44.2 Å². The molecule has 34 heavy (non-hydrogen) atoms. The van der Waals surface area contributed by atoms with E-state index in [0.29, 0.717) is 24.2 Å². The highest BCUT2D eigenvalue weighted by Crippen LogP contribution is 2.40. The summed E-state index contributed by atoms with van der Waals surface area (Å²) in [6.07, 6.45) is 5.83. The molecule has 1 saturated carbocycles. The molecule has 2 heterocycles. The highest BCUT2D eigenvalue weighted by atomic mass is 16.5. The number of nitrogens with zero attached hydrogens (tertiary/aromatic N) is 4. The number of ether oxygens (including phenoxy) is 1. The van der Waals surface area contributed by atoms with E-state index in [1.165, 1.54) is 0 Å². The van der Waals surface area contributed by atoms with Gasteiger partial charge < -0.3 is 10.1 Å². The number of nitriles is 1. The Balaban J connectivity index is 1.59. The number of nitrogens with one attached hydrogen (secondary N) is 1. The minimum atomic E-state index is -0.0699. The Hall–Kier alpha value is -3.85. The van der Waals surface area contributed by atoms with Crippen molar-refractivity contribution in [1.29, 1.82) is 5.26 Å². The summed E-state index contributed by atoms with van der Waals surface area (Å²) in [5.41, 5.74) is 2.96. The molecule has 1 N–H and O–H groups in total. The summed E-state index contributed by atoms with van der Waals surface area (Å²) >= 11 is 0. The summed E-state index contributed by atoms with van der Waals surface area (Å²) in [5.74, 6) is 1.72. The quantitative estimate of drug-likeness (QED) is 0.332. The topological polar surface area (TPSA) is 75.8 Å². The van der Waals surface area contributed by atoms with E-state index in [1.54, 1.807) is 6.20 Å². The highest BCUT2D eigenvalue weighted by Gasteiger charge is 2.31. The predicted molar refractivity (Wildman–Crippen MR) is 134 cm³/mol. The van der Waals surface area contributed by atoms with Crippen LogP contribution in [-0.2, 0) is 6.61 Å². The lowest BCUT2D eigenvalue weighted by Crippen LogP contribution is -2.20. The van der Waals surface area contributed by atoms with E-state index >= 15 is 0 Å². The van der Waals surface area contributed by atoms with Gasteiger partial charge in [-0.25, -0.2) is 4.98 Å². The summed E-state index contributed by atoms with van der Waals surface area (Å²) in [6, 6.07) is 24.6. The lowest BCUT2D eigenvalue weighted by atomic mass is 9.94. The third-order valence-corrected chi connectivity index (χ3v) is 6.64. The Kier molecular flexibility index (Phi) is 6.44. The minimum absolute atomic E-state index is 0.0145. The normalized spacial score (nSPS) is 20.4. The Morgan fingerprint density at radius 1 is 1.06 bits per heavy atom. The van der Waals surface area contributed by atoms with Gasteiger partial charge in [-0.1, -0.05) is 68.3 Å². The molecule has 1 fully saturated rings.